The van der Waals surface area contributed by atoms with Crippen molar-refractivity contribution in [2.75, 3.05) is 19.6 Å². The van der Waals surface area contributed by atoms with E-state index in [4.69, 9.17) is 4.42 Å². The summed E-state index contributed by atoms with van der Waals surface area (Å²) in [5.74, 6) is 0.662. The molecular formula is C11H19Cl2N3O2. The number of nitrogens with one attached hydrogen (secondary N) is 1. The van der Waals surface area contributed by atoms with Gasteiger partial charge in [-0.3, -0.25) is 4.79 Å². The molecule has 104 valence electrons. The van der Waals surface area contributed by atoms with Crippen molar-refractivity contribution < 1.29 is 9.21 Å². The fourth-order valence-electron chi connectivity index (χ4n) is 1.97. The smallest absolute Gasteiger partial charge is 0.276 e. The van der Waals surface area contributed by atoms with Crippen LogP contribution in [0.1, 0.15) is 30.1 Å². The number of oxazole rings is 1. The van der Waals surface area contributed by atoms with Gasteiger partial charge in [0.05, 0.1) is 0 Å². The fourth-order valence-corrected chi connectivity index (χ4v) is 1.97. The van der Waals surface area contributed by atoms with E-state index in [0.717, 1.165) is 19.6 Å². The van der Waals surface area contributed by atoms with Crippen molar-refractivity contribution >= 4 is 30.7 Å². The Labute approximate surface area is 119 Å². The zero-order valence-corrected chi connectivity index (χ0v) is 12.1. The minimum Gasteiger partial charge on any atom is -0.448 e. The number of carbonyl (C=O) groups is 1. The Kier molecular flexibility index (Phi) is 7.28. The summed E-state index contributed by atoms with van der Waals surface area (Å²) in [6, 6.07) is 0.211. The number of amides is 1. The van der Waals surface area contributed by atoms with Gasteiger partial charge in [-0.15, -0.1) is 24.8 Å². The SMILES string of the molecule is CCc1ocnc1C(=O)N1CCNC[C@@H]1C.Cl.Cl. The van der Waals surface area contributed by atoms with E-state index in [1.165, 1.54) is 6.39 Å². The Morgan fingerprint density at radius 3 is 2.94 bits per heavy atom. The lowest BCUT2D eigenvalue weighted by Gasteiger charge is -2.33. The normalized spacial score (nSPS) is 18.8. The standard InChI is InChI=1S/C11H17N3O2.2ClH/c1-3-9-10(13-7-16-9)11(15)14-5-4-12-6-8(14)2;;/h7-8,12H,3-6H2,1-2H3;2*1H/t8-;;/m0../s1. The fraction of sp³-hybridized carbons (Fsp3) is 0.636. The zero-order valence-electron chi connectivity index (χ0n) is 10.5. The average molecular weight is 296 g/mol. The first-order chi connectivity index (χ1) is 7.74. The predicted octanol–water partition coefficient (Wildman–Crippen LogP) is 1.51. The number of aryl methyl sites for hydroxylation is 1. The number of halogens is 2. The van der Waals surface area contributed by atoms with Crippen LogP contribution in [0.2, 0.25) is 0 Å². The molecule has 7 heteroatoms. The van der Waals surface area contributed by atoms with Gasteiger partial charge in [-0.25, -0.2) is 4.98 Å². The molecular weight excluding hydrogens is 277 g/mol. The summed E-state index contributed by atoms with van der Waals surface area (Å²) in [4.78, 5) is 18.1. The maximum absolute atomic E-state index is 12.2. The Hall–Kier alpha value is -0.780. The van der Waals surface area contributed by atoms with Crippen LogP contribution in [0, 0.1) is 0 Å². The number of nitrogens with zero attached hydrogens (tertiary/aromatic N) is 2. The van der Waals surface area contributed by atoms with E-state index in [1.807, 2.05) is 18.7 Å². The Morgan fingerprint density at radius 1 is 1.61 bits per heavy atom. The molecule has 18 heavy (non-hydrogen) atoms. The minimum absolute atomic E-state index is 0. The topological polar surface area (TPSA) is 58.4 Å². The van der Waals surface area contributed by atoms with Crippen molar-refractivity contribution in [3.63, 3.8) is 0 Å². The molecule has 1 aromatic rings. The van der Waals surface area contributed by atoms with Crippen LogP contribution in [0.25, 0.3) is 0 Å². The number of hydrogen-bond donors (Lipinski definition) is 1. The maximum atomic E-state index is 12.2. The second-order valence-corrected chi connectivity index (χ2v) is 4.03. The largest absolute Gasteiger partial charge is 0.448 e. The molecule has 1 amide bonds. The second kappa shape index (κ2) is 7.61. The van der Waals surface area contributed by atoms with Crippen molar-refractivity contribution in [2.45, 2.75) is 26.3 Å². The van der Waals surface area contributed by atoms with Gasteiger partial charge in [0.25, 0.3) is 5.91 Å². The molecule has 0 unspecified atom stereocenters. The van der Waals surface area contributed by atoms with Gasteiger partial charge in [0.15, 0.2) is 12.1 Å². The van der Waals surface area contributed by atoms with E-state index in [1.54, 1.807) is 0 Å². The third-order valence-corrected chi connectivity index (χ3v) is 2.93. The Morgan fingerprint density at radius 2 is 2.33 bits per heavy atom. The molecule has 2 rings (SSSR count). The number of aromatic nitrogens is 1. The maximum Gasteiger partial charge on any atom is 0.276 e. The monoisotopic (exact) mass is 295 g/mol. The van der Waals surface area contributed by atoms with Gasteiger partial charge in [0, 0.05) is 32.1 Å². The molecule has 0 saturated carbocycles. The molecule has 1 aliphatic rings. The molecule has 1 aromatic heterocycles. The van der Waals surface area contributed by atoms with E-state index < -0.39 is 0 Å². The van der Waals surface area contributed by atoms with Crippen molar-refractivity contribution in [3.05, 3.63) is 17.8 Å². The quantitative estimate of drug-likeness (QED) is 0.899. The molecule has 1 fully saturated rings. The minimum atomic E-state index is -0.0143. The van der Waals surface area contributed by atoms with E-state index >= 15 is 0 Å². The van der Waals surface area contributed by atoms with Crippen molar-refractivity contribution in [1.29, 1.82) is 0 Å². The Balaban J connectivity index is 0.00000144. The first-order valence-electron chi connectivity index (χ1n) is 5.68. The highest BCUT2D eigenvalue weighted by atomic mass is 35.5. The molecule has 1 aliphatic heterocycles. The highest BCUT2D eigenvalue weighted by Crippen LogP contribution is 2.13. The molecule has 1 N–H and O–H groups in total. The number of carbonyl (C=O) groups excluding carboxylic acids is 1. The van der Waals surface area contributed by atoms with Gasteiger partial charge in [-0.05, 0) is 6.92 Å². The van der Waals surface area contributed by atoms with Crippen molar-refractivity contribution in [3.8, 4) is 0 Å². The summed E-state index contributed by atoms with van der Waals surface area (Å²) in [5, 5.41) is 3.26. The first-order valence-corrected chi connectivity index (χ1v) is 5.68. The first kappa shape index (κ1) is 17.2. The highest BCUT2D eigenvalue weighted by molar-refractivity contribution is 5.93. The van der Waals surface area contributed by atoms with Crippen LogP contribution in [0.5, 0.6) is 0 Å². The van der Waals surface area contributed by atoms with Gasteiger partial charge < -0.3 is 14.6 Å². The summed E-state index contributed by atoms with van der Waals surface area (Å²) >= 11 is 0. The van der Waals surface area contributed by atoms with Gasteiger partial charge in [-0.1, -0.05) is 6.92 Å². The molecule has 0 radical (unpaired) electrons. The summed E-state index contributed by atoms with van der Waals surface area (Å²) in [6.07, 6.45) is 2.04. The molecule has 5 nitrogen and oxygen atoms in total. The molecule has 0 spiro atoms. The lowest BCUT2D eigenvalue weighted by Crippen LogP contribution is -2.52. The van der Waals surface area contributed by atoms with Gasteiger partial charge in [0.1, 0.15) is 5.76 Å². The number of piperazine rings is 1. The molecule has 0 aliphatic carbocycles. The van der Waals surface area contributed by atoms with Crippen LogP contribution >= 0.6 is 24.8 Å². The molecule has 1 atom stereocenters. The predicted molar refractivity (Wildman–Crippen MR) is 73.7 cm³/mol. The van der Waals surface area contributed by atoms with Gasteiger partial charge in [-0.2, -0.15) is 0 Å². The van der Waals surface area contributed by atoms with Crippen molar-refractivity contribution in [1.82, 2.24) is 15.2 Å². The van der Waals surface area contributed by atoms with Crippen molar-refractivity contribution in [2.24, 2.45) is 0 Å². The van der Waals surface area contributed by atoms with E-state index in [9.17, 15) is 4.79 Å². The van der Waals surface area contributed by atoms with Crippen LogP contribution in [0.15, 0.2) is 10.8 Å². The van der Waals surface area contributed by atoms with Crippen LogP contribution in [-0.4, -0.2) is 41.5 Å². The van der Waals surface area contributed by atoms with Crippen LogP contribution < -0.4 is 5.32 Å². The van der Waals surface area contributed by atoms with Crippen LogP contribution in [0.3, 0.4) is 0 Å². The summed E-state index contributed by atoms with van der Waals surface area (Å²) < 4.78 is 5.19. The Bertz CT molecular complexity index is 384. The lowest BCUT2D eigenvalue weighted by molar-refractivity contribution is 0.0648. The van der Waals surface area contributed by atoms with E-state index in [0.29, 0.717) is 17.9 Å². The summed E-state index contributed by atoms with van der Waals surface area (Å²) in [5.41, 5.74) is 0.469. The number of rotatable bonds is 2. The number of hydrogen-bond acceptors (Lipinski definition) is 4. The van der Waals surface area contributed by atoms with Gasteiger partial charge >= 0.3 is 0 Å². The molecule has 2 heterocycles. The lowest BCUT2D eigenvalue weighted by atomic mass is 10.2. The molecule has 0 bridgehead atoms. The second-order valence-electron chi connectivity index (χ2n) is 4.03. The molecule has 0 aromatic carbocycles. The molecule has 1 saturated heterocycles. The van der Waals surface area contributed by atoms with Crippen LogP contribution in [0.4, 0.5) is 0 Å². The van der Waals surface area contributed by atoms with Gasteiger partial charge in [0.2, 0.25) is 0 Å². The van der Waals surface area contributed by atoms with E-state index in [2.05, 4.69) is 10.3 Å². The third kappa shape index (κ3) is 3.37. The van der Waals surface area contributed by atoms with E-state index in [-0.39, 0.29) is 36.8 Å². The van der Waals surface area contributed by atoms with Crippen LogP contribution in [-0.2, 0) is 6.42 Å². The third-order valence-electron chi connectivity index (χ3n) is 2.93. The summed E-state index contributed by atoms with van der Waals surface area (Å²) in [7, 11) is 0. The average Bonchev–Trinajstić information content (AvgIpc) is 2.77. The summed E-state index contributed by atoms with van der Waals surface area (Å²) in [6.45, 7) is 6.41. The highest BCUT2D eigenvalue weighted by Gasteiger charge is 2.27. The zero-order chi connectivity index (χ0) is 11.5.